The van der Waals surface area contributed by atoms with Gasteiger partial charge in [-0.3, -0.25) is 4.98 Å². The molecular formula is C16H17F3N2. The quantitative estimate of drug-likeness (QED) is 0.907. The minimum atomic E-state index is -0.611. The van der Waals surface area contributed by atoms with E-state index >= 15 is 0 Å². The molecule has 0 saturated heterocycles. The molecule has 2 rings (SSSR count). The van der Waals surface area contributed by atoms with E-state index in [4.69, 9.17) is 0 Å². The Bertz CT molecular complexity index is 577. The molecule has 1 N–H and O–H groups in total. The Labute approximate surface area is 122 Å². The first kappa shape index (κ1) is 15.5. The van der Waals surface area contributed by atoms with Gasteiger partial charge in [-0.1, -0.05) is 13.8 Å². The summed E-state index contributed by atoms with van der Waals surface area (Å²) in [5.41, 5.74) is 1.16. The van der Waals surface area contributed by atoms with E-state index in [1.807, 2.05) is 13.8 Å². The Balaban J connectivity index is 2.25. The van der Waals surface area contributed by atoms with E-state index in [2.05, 4.69) is 10.3 Å². The van der Waals surface area contributed by atoms with Crippen LogP contribution in [0.5, 0.6) is 0 Å². The summed E-state index contributed by atoms with van der Waals surface area (Å²) in [5.74, 6) is -1.64. The second-order valence-corrected chi connectivity index (χ2v) is 5.26. The van der Waals surface area contributed by atoms with Gasteiger partial charge in [0.05, 0.1) is 17.9 Å². The van der Waals surface area contributed by atoms with Crippen molar-refractivity contribution in [2.24, 2.45) is 0 Å². The third kappa shape index (κ3) is 4.56. The number of rotatable bonds is 5. The van der Waals surface area contributed by atoms with Crippen LogP contribution in [-0.2, 0) is 6.42 Å². The van der Waals surface area contributed by atoms with E-state index in [1.165, 1.54) is 18.2 Å². The molecule has 1 atom stereocenters. The van der Waals surface area contributed by atoms with Gasteiger partial charge >= 0.3 is 0 Å². The van der Waals surface area contributed by atoms with Gasteiger partial charge in [0.1, 0.15) is 17.5 Å². The van der Waals surface area contributed by atoms with Crippen LogP contribution in [0.4, 0.5) is 13.2 Å². The van der Waals surface area contributed by atoms with Gasteiger partial charge in [0, 0.05) is 12.1 Å². The highest BCUT2D eigenvalue weighted by atomic mass is 19.1. The van der Waals surface area contributed by atoms with Crippen molar-refractivity contribution in [1.29, 1.82) is 0 Å². The molecule has 112 valence electrons. The van der Waals surface area contributed by atoms with E-state index in [9.17, 15) is 13.2 Å². The maximum atomic E-state index is 13.3. The number of aromatic nitrogens is 1. The van der Waals surface area contributed by atoms with E-state index in [1.54, 1.807) is 6.07 Å². The largest absolute Gasteiger partial charge is 0.306 e. The molecule has 0 aliphatic rings. The molecule has 1 aromatic heterocycles. The molecule has 1 aromatic carbocycles. The Morgan fingerprint density at radius 3 is 2.19 bits per heavy atom. The number of nitrogens with one attached hydrogen (secondary N) is 1. The fourth-order valence-corrected chi connectivity index (χ4v) is 2.21. The lowest BCUT2D eigenvalue weighted by atomic mass is 10.0. The van der Waals surface area contributed by atoms with E-state index in [0.29, 0.717) is 17.7 Å². The maximum absolute atomic E-state index is 13.3. The summed E-state index contributed by atoms with van der Waals surface area (Å²) < 4.78 is 39.5. The molecule has 0 spiro atoms. The zero-order chi connectivity index (χ0) is 15.4. The maximum Gasteiger partial charge on any atom is 0.141 e. The Morgan fingerprint density at radius 1 is 1.00 bits per heavy atom. The molecule has 0 aliphatic carbocycles. The lowest BCUT2D eigenvalue weighted by molar-refractivity contribution is 0.462. The number of benzene rings is 1. The summed E-state index contributed by atoms with van der Waals surface area (Å²) in [5, 5.41) is 3.27. The highest BCUT2D eigenvalue weighted by molar-refractivity contribution is 5.21. The second-order valence-electron chi connectivity index (χ2n) is 5.26. The zero-order valence-electron chi connectivity index (χ0n) is 11.9. The van der Waals surface area contributed by atoms with Crippen LogP contribution < -0.4 is 5.32 Å². The molecule has 5 heteroatoms. The smallest absolute Gasteiger partial charge is 0.141 e. The van der Waals surface area contributed by atoms with Gasteiger partial charge < -0.3 is 5.32 Å². The lowest BCUT2D eigenvalue weighted by Crippen LogP contribution is -2.30. The lowest BCUT2D eigenvalue weighted by Gasteiger charge is -2.21. The zero-order valence-corrected chi connectivity index (χ0v) is 11.9. The molecule has 0 fully saturated rings. The minimum absolute atomic E-state index is 0.153. The SMILES string of the molecule is CC(C)NC(Cc1cc(F)cc(F)c1)c1ccc(F)cn1. The number of pyridine rings is 1. The van der Waals surface area contributed by atoms with Crippen molar-refractivity contribution in [2.75, 3.05) is 0 Å². The van der Waals surface area contributed by atoms with Crippen LogP contribution >= 0.6 is 0 Å². The van der Waals surface area contributed by atoms with Crippen LogP contribution in [0.1, 0.15) is 31.1 Å². The van der Waals surface area contributed by atoms with Crippen LogP contribution in [0.25, 0.3) is 0 Å². The van der Waals surface area contributed by atoms with Gasteiger partial charge in [0.2, 0.25) is 0 Å². The number of nitrogens with zero attached hydrogens (tertiary/aromatic N) is 1. The molecule has 2 aromatic rings. The standard InChI is InChI=1S/C16H17F3N2/c1-10(2)21-16(15-4-3-12(17)9-20-15)7-11-5-13(18)8-14(19)6-11/h3-6,8-10,16,21H,7H2,1-2H3. The average molecular weight is 294 g/mol. The predicted octanol–water partition coefficient (Wildman–Crippen LogP) is 3.78. The Morgan fingerprint density at radius 2 is 1.67 bits per heavy atom. The summed E-state index contributed by atoms with van der Waals surface area (Å²) >= 11 is 0. The fourth-order valence-electron chi connectivity index (χ4n) is 2.21. The first-order chi connectivity index (χ1) is 9.94. The summed E-state index contributed by atoms with van der Waals surface area (Å²) in [4.78, 5) is 4.05. The Hall–Kier alpha value is -1.88. The van der Waals surface area contributed by atoms with E-state index in [0.717, 1.165) is 12.3 Å². The topological polar surface area (TPSA) is 24.9 Å². The van der Waals surface area contributed by atoms with Gasteiger partial charge in [-0.15, -0.1) is 0 Å². The van der Waals surface area contributed by atoms with Gasteiger partial charge in [0.25, 0.3) is 0 Å². The van der Waals surface area contributed by atoms with Gasteiger partial charge in [-0.05, 0) is 36.2 Å². The molecule has 2 nitrogen and oxygen atoms in total. The van der Waals surface area contributed by atoms with E-state index in [-0.39, 0.29) is 12.1 Å². The molecule has 1 unspecified atom stereocenters. The van der Waals surface area contributed by atoms with Crippen LogP contribution in [0.2, 0.25) is 0 Å². The third-order valence-electron chi connectivity index (χ3n) is 3.00. The third-order valence-corrected chi connectivity index (χ3v) is 3.00. The average Bonchev–Trinajstić information content (AvgIpc) is 2.37. The monoisotopic (exact) mass is 294 g/mol. The number of halogens is 3. The van der Waals surface area contributed by atoms with Crippen LogP contribution in [0.3, 0.4) is 0 Å². The van der Waals surface area contributed by atoms with Crippen molar-refractivity contribution in [3.05, 3.63) is 65.2 Å². The first-order valence-electron chi connectivity index (χ1n) is 6.76. The molecule has 0 bridgehead atoms. The van der Waals surface area contributed by atoms with E-state index < -0.39 is 17.5 Å². The second kappa shape index (κ2) is 6.72. The molecule has 0 radical (unpaired) electrons. The normalized spacial score (nSPS) is 12.7. The summed E-state index contributed by atoms with van der Waals surface area (Å²) in [6, 6.07) is 6.23. The van der Waals surface area contributed by atoms with Gasteiger partial charge in [-0.25, -0.2) is 13.2 Å². The van der Waals surface area contributed by atoms with Crippen molar-refractivity contribution in [2.45, 2.75) is 32.4 Å². The predicted molar refractivity (Wildman–Crippen MR) is 75.3 cm³/mol. The minimum Gasteiger partial charge on any atom is -0.306 e. The summed E-state index contributed by atoms with van der Waals surface area (Å²) in [6.45, 7) is 3.92. The van der Waals surface area contributed by atoms with Gasteiger partial charge in [-0.2, -0.15) is 0 Å². The molecular weight excluding hydrogens is 277 g/mol. The van der Waals surface area contributed by atoms with Crippen molar-refractivity contribution in [3.8, 4) is 0 Å². The molecule has 1 heterocycles. The molecule has 0 saturated carbocycles. The number of hydrogen-bond donors (Lipinski definition) is 1. The molecule has 0 amide bonds. The summed E-state index contributed by atoms with van der Waals surface area (Å²) in [6.07, 6.45) is 1.50. The summed E-state index contributed by atoms with van der Waals surface area (Å²) in [7, 11) is 0. The highest BCUT2D eigenvalue weighted by Gasteiger charge is 2.16. The van der Waals surface area contributed by atoms with Crippen molar-refractivity contribution < 1.29 is 13.2 Å². The molecule has 0 aliphatic heterocycles. The van der Waals surface area contributed by atoms with Crippen LogP contribution in [0, 0.1) is 17.5 Å². The highest BCUT2D eigenvalue weighted by Crippen LogP contribution is 2.19. The van der Waals surface area contributed by atoms with Crippen LogP contribution in [-0.4, -0.2) is 11.0 Å². The van der Waals surface area contributed by atoms with Gasteiger partial charge in [0.15, 0.2) is 0 Å². The Kier molecular flexibility index (Phi) is 4.96. The number of hydrogen-bond acceptors (Lipinski definition) is 2. The van der Waals surface area contributed by atoms with Crippen molar-refractivity contribution in [3.63, 3.8) is 0 Å². The van der Waals surface area contributed by atoms with Crippen molar-refractivity contribution in [1.82, 2.24) is 10.3 Å². The molecule has 21 heavy (non-hydrogen) atoms. The first-order valence-corrected chi connectivity index (χ1v) is 6.76. The van der Waals surface area contributed by atoms with Crippen LogP contribution in [0.15, 0.2) is 36.5 Å². The fraction of sp³-hybridized carbons (Fsp3) is 0.312. The van der Waals surface area contributed by atoms with Crippen molar-refractivity contribution >= 4 is 0 Å².